The lowest BCUT2D eigenvalue weighted by atomic mass is 10.1. The number of urea groups is 1. The monoisotopic (exact) mass is 218 g/mol. The highest BCUT2D eigenvalue weighted by molar-refractivity contribution is 5.85. The molecule has 1 unspecified atom stereocenters. The fourth-order valence-corrected chi connectivity index (χ4v) is 0.895. The van der Waals surface area contributed by atoms with Gasteiger partial charge in [-0.15, -0.1) is 0 Å². The van der Waals surface area contributed by atoms with Crippen molar-refractivity contribution in [1.29, 1.82) is 0 Å². The number of aliphatic hydroxyl groups is 1. The molecule has 2 amide bonds. The molecule has 0 aromatic carbocycles. The molecule has 0 aliphatic heterocycles. The van der Waals surface area contributed by atoms with Crippen LogP contribution in [0.4, 0.5) is 4.79 Å². The summed E-state index contributed by atoms with van der Waals surface area (Å²) in [5, 5.41) is 20.1. The van der Waals surface area contributed by atoms with Crippen molar-refractivity contribution >= 4 is 12.0 Å². The van der Waals surface area contributed by atoms with Gasteiger partial charge in [-0.3, -0.25) is 0 Å². The number of carboxylic acid groups (broad SMARTS) is 1. The number of likely N-dealkylation sites (N-methyl/N-ethyl adjacent to an activating group) is 1. The van der Waals surface area contributed by atoms with Crippen LogP contribution in [0.1, 0.15) is 20.8 Å². The number of aliphatic carboxylic acids is 1. The number of hydrogen-bond donors (Lipinski definition) is 3. The molecule has 0 rings (SSSR count). The maximum absolute atomic E-state index is 11.4. The average molecular weight is 218 g/mol. The van der Waals surface area contributed by atoms with Gasteiger partial charge in [0, 0.05) is 13.6 Å². The van der Waals surface area contributed by atoms with Crippen LogP contribution in [-0.2, 0) is 4.79 Å². The van der Waals surface area contributed by atoms with Gasteiger partial charge in [-0.2, -0.15) is 0 Å². The zero-order valence-electron chi connectivity index (χ0n) is 9.44. The first-order chi connectivity index (χ1) is 6.66. The maximum Gasteiger partial charge on any atom is 0.328 e. The van der Waals surface area contributed by atoms with Gasteiger partial charge in [-0.05, 0) is 20.8 Å². The van der Waals surface area contributed by atoms with Crippen molar-refractivity contribution in [3.8, 4) is 0 Å². The fraction of sp³-hybridized carbons (Fsp3) is 0.778. The molecule has 0 aliphatic rings. The van der Waals surface area contributed by atoms with Gasteiger partial charge in [-0.1, -0.05) is 0 Å². The number of carboxylic acids is 1. The van der Waals surface area contributed by atoms with E-state index in [1.165, 1.54) is 25.8 Å². The van der Waals surface area contributed by atoms with Crippen LogP contribution < -0.4 is 5.32 Å². The Hall–Kier alpha value is -1.30. The number of nitrogens with zero attached hydrogens (tertiary/aromatic N) is 1. The van der Waals surface area contributed by atoms with Crippen LogP contribution in [0.15, 0.2) is 0 Å². The van der Waals surface area contributed by atoms with E-state index in [2.05, 4.69) is 5.32 Å². The number of amides is 2. The molecule has 0 aliphatic carbocycles. The molecular formula is C9H18N2O4. The molecule has 1 atom stereocenters. The van der Waals surface area contributed by atoms with E-state index in [0.29, 0.717) is 0 Å². The van der Waals surface area contributed by atoms with Crippen molar-refractivity contribution in [2.45, 2.75) is 32.4 Å². The normalized spacial score (nSPS) is 13.1. The van der Waals surface area contributed by atoms with E-state index in [1.54, 1.807) is 6.92 Å². The van der Waals surface area contributed by atoms with Crippen molar-refractivity contribution in [3.05, 3.63) is 0 Å². The summed E-state index contributed by atoms with van der Waals surface area (Å²) in [5.74, 6) is -1.11. The van der Waals surface area contributed by atoms with E-state index in [4.69, 9.17) is 10.2 Å². The number of rotatable bonds is 4. The molecule has 6 heteroatoms. The number of carbonyl (C=O) groups excluding carboxylic acids is 1. The summed E-state index contributed by atoms with van der Waals surface area (Å²) in [7, 11) is 1.49. The first-order valence-corrected chi connectivity index (χ1v) is 4.61. The second-order valence-corrected chi connectivity index (χ2v) is 4.09. The van der Waals surface area contributed by atoms with E-state index in [9.17, 15) is 9.59 Å². The van der Waals surface area contributed by atoms with Crippen LogP contribution in [0.2, 0.25) is 0 Å². The standard InChI is InChI=1S/C9H18N2O4/c1-6(12)5-11(4)8(15)10-9(2,3)7(13)14/h6,12H,5H2,1-4H3,(H,10,15)(H,13,14). The van der Waals surface area contributed by atoms with E-state index >= 15 is 0 Å². The Morgan fingerprint density at radius 2 is 1.93 bits per heavy atom. The predicted molar refractivity (Wildman–Crippen MR) is 54.6 cm³/mol. The Kier molecular flexibility index (Phi) is 4.54. The molecule has 0 aromatic heterocycles. The van der Waals surface area contributed by atoms with Gasteiger partial charge in [0.05, 0.1) is 6.10 Å². The number of hydrogen-bond acceptors (Lipinski definition) is 3. The lowest BCUT2D eigenvalue weighted by Gasteiger charge is -2.26. The van der Waals surface area contributed by atoms with Crippen LogP contribution >= 0.6 is 0 Å². The minimum absolute atomic E-state index is 0.154. The van der Waals surface area contributed by atoms with Gasteiger partial charge < -0.3 is 20.4 Å². The molecule has 3 N–H and O–H groups in total. The second kappa shape index (κ2) is 4.97. The molecule has 0 heterocycles. The molecule has 0 saturated carbocycles. The van der Waals surface area contributed by atoms with Crippen molar-refractivity contribution in [2.75, 3.05) is 13.6 Å². The Balaban J connectivity index is 4.30. The molecule has 0 bridgehead atoms. The summed E-state index contributed by atoms with van der Waals surface area (Å²) in [4.78, 5) is 23.4. The number of aliphatic hydroxyl groups excluding tert-OH is 1. The summed E-state index contributed by atoms with van der Waals surface area (Å²) in [6.45, 7) is 4.49. The molecule has 0 saturated heterocycles. The number of nitrogens with one attached hydrogen (secondary N) is 1. The summed E-state index contributed by atoms with van der Waals surface area (Å²) < 4.78 is 0. The average Bonchev–Trinajstić information content (AvgIpc) is 2.01. The van der Waals surface area contributed by atoms with Crippen LogP contribution in [0, 0.1) is 0 Å². The van der Waals surface area contributed by atoms with Crippen LogP contribution in [-0.4, -0.2) is 52.3 Å². The van der Waals surface area contributed by atoms with E-state index in [1.807, 2.05) is 0 Å². The van der Waals surface area contributed by atoms with Gasteiger partial charge >= 0.3 is 12.0 Å². The van der Waals surface area contributed by atoms with Crippen molar-refractivity contribution < 1.29 is 19.8 Å². The molecule has 88 valence electrons. The lowest BCUT2D eigenvalue weighted by Crippen LogP contribution is -2.54. The summed E-state index contributed by atoms with van der Waals surface area (Å²) in [6, 6.07) is -0.525. The van der Waals surface area contributed by atoms with E-state index in [-0.39, 0.29) is 6.54 Å². The Morgan fingerprint density at radius 3 is 2.27 bits per heavy atom. The van der Waals surface area contributed by atoms with Crippen molar-refractivity contribution in [2.24, 2.45) is 0 Å². The third kappa shape index (κ3) is 4.64. The molecule has 6 nitrogen and oxygen atoms in total. The Bertz CT molecular complexity index is 250. The number of carbonyl (C=O) groups is 2. The van der Waals surface area contributed by atoms with Gasteiger partial charge in [0.2, 0.25) is 0 Å². The van der Waals surface area contributed by atoms with Crippen LogP contribution in [0.5, 0.6) is 0 Å². The molecule has 0 radical (unpaired) electrons. The highest BCUT2D eigenvalue weighted by atomic mass is 16.4. The quantitative estimate of drug-likeness (QED) is 0.613. The first-order valence-electron chi connectivity index (χ1n) is 4.61. The highest BCUT2D eigenvalue weighted by Gasteiger charge is 2.30. The third-order valence-electron chi connectivity index (χ3n) is 1.84. The fourth-order valence-electron chi connectivity index (χ4n) is 0.895. The summed E-state index contributed by atoms with van der Waals surface area (Å²) in [5.41, 5.74) is -1.32. The van der Waals surface area contributed by atoms with Crippen molar-refractivity contribution in [1.82, 2.24) is 10.2 Å². The van der Waals surface area contributed by atoms with Gasteiger partial charge in [-0.25, -0.2) is 9.59 Å². The van der Waals surface area contributed by atoms with E-state index < -0.39 is 23.6 Å². The van der Waals surface area contributed by atoms with Crippen LogP contribution in [0.3, 0.4) is 0 Å². The van der Waals surface area contributed by atoms with Gasteiger partial charge in [0.15, 0.2) is 0 Å². The van der Waals surface area contributed by atoms with Crippen LogP contribution in [0.25, 0.3) is 0 Å². The largest absolute Gasteiger partial charge is 0.480 e. The zero-order valence-corrected chi connectivity index (χ0v) is 9.44. The van der Waals surface area contributed by atoms with Gasteiger partial charge in [0.1, 0.15) is 5.54 Å². The Labute approximate surface area is 88.9 Å². The zero-order chi connectivity index (χ0) is 12.2. The molecular weight excluding hydrogens is 200 g/mol. The minimum atomic E-state index is -1.32. The maximum atomic E-state index is 11.4. The lowest BCUT2D eigenvalue weighted by molar-refractivity contribution is -0.143. The predicted octanol–water partition coefficient (Wildman–Crippen LogP) is -0.128. The summed E-state index contributed by atoms with van der Waals surface area (Å²) in [6.07, 6.45) is -0.645. The summed E-state index contributed by atoms with van der Waals surface area (Å²) >= 11 is 0. The molecule has 15 heavy (non-hydrogen) atoms. The highest BCUT2D eigenvalue weighted by Crippen LogP contribution is 2.03. The Morgan fingerprint density at radius 1 is 1.47 bits per heavy atom. The molecule has 0 aromatic rings. The minimum Gasteiger partial charge on any atom is -0.480 e. The third-order valence-corrected chi connectivity index (χ3v) is 1.84. The topological polar surface area (TPSA) is 89.9 Å². The SMILES string of the molecule is CC(O)CN(C)C(=O)NC(C)(C)C(=O)O. The van der Waals surface area contributed by atoms with Gasteiger partial charge in [0.25, 0.3) is 0 Å². The molecule has 0 spiro atoms. The van der Waals surface area contributed by atoms with E-state index in [0.717, 1.165) is 0 Å². The molecule has 0 fully saturated rings. The smallest absolute Gasteiger partial charge is 0.328 e. The van der Waals surface area contributed by atoms with Crippen molar-refractivity contribution in [3.63, 3.8) is 0 Å². The second-order valence-electron chi connectivity index (χ2n) is 4.09. The first kappa shape index (κ1) is 13.7.